The van der Waals surface area contributed by atoms with Gasteiger partial charge in [0.2, 0.25) is 0 Å². The van der Waals surface area contributed by atoms with E-state index in [1.54, 1.807) is 6.08 Å². The number of carbonyl (C=O) groups is 1. The minimum atomic E-state index is -0.233. The second kappa shape index (κ2) is 8.26. The van der Waals surface area contributed by atoms with Crippen molar-refractivity contribution in [1.82, 2.24) is 10.2 Å². The fourth-order valence-electron chi connectivity index (χ4n) is 3.49. The fourth-order valence-corrected chi connectivity index (χ4v) is 3.49. The molecule has 4 nitrogen and oxygen atoms in total. The molecule has 3 rings (SSSR count). The molecule has 2 heterocycles. The van der Waals surface area contributed by atoms with E-state index in [9.17, 15) is 4.79 Å². The summed E-state index contributed by atoms with van der Waals surface area (Å²) in [6.45, 7) is 12.4. The van der Waals surface area contributed by atoms with E-state index in [1.165, 1.54) is 5.57 Å². The molecule has 0 spiro atoms. The smallest absolute Gasteiger partial charge is 0.256 e. The van der Waals surface area contributed by atoms with Crippen LogP contribution in [0.25, 0.3) is 11.1 Å². The lowest BCUT2D eigenvalue weighted by atomic mass is 9.93. The molecule has 1 aromatic carbocycles. The first kappa shape index (κ1) is 19.6. The Kier molecular flexibility index (Phi) is 5.78. The third-order valence-electron chi connectivity index (χ3n) is 4.94. The number of aliphatic imine (C=N–C) groups is 1. The summed E-state index contributed by atoms with van der Waals surface area (Å²) in [5.74, 6) is 0.841. The monoisotopic (exact) mass is 373 g/mol. The van der Waals surface area contributed by atoms with Gasteiger partial charge in [0, 0.05) is 23.9 Å². The van der Waals surface area contributed by atoms with Crippen molar-refractivity contribution < 1.29 is 4.79 Å². The van der Waals surface area contributed by atoms with Crippen LogP contribution >= 0.6 is 0 Å². The van der Waals surface area contributed by atoms with Crippen molar-refractivity contribution in [2.45, 2.75) is 33.9 Å². The van der Waals surface area contributed by atoms with Gasteiger partial charge in [-0.3, -0.25) is 4.79 Å². The van der Waals surface area contributed by atoms with E-state index in [0.717, 1.165) is 28.1 Å². The minimum Gasteiger partial charge on any atom is -0.350 e. The molecule has 0 radical (unpaired) electrons. The predicted molar refractivity (Wildman–Crippen MR) is 118 cm³/mol. The van der Waals surface area contributed by atoms with Crippen LogP contribution in [0.2, 0.25) is 0 Å². The zero-order chi connectivity index (χ0) is 20.3. The van der Waals surface area contributed by atoms with Crippen molar-refractivity contribution in [3.8, 4) is 0 Å². The van der Waals surface area contributed by atoms with Gasteiger partial charge in [-0.25, -0.2) is 4.99 Å². The highest BCUT2D eigenvalue weighted by atomic mass is 16.2. The molecule has 1 unspecified atom stereocenters. The van der Waals surface area contributed by atoms with Gasteiger partial charge < -0.3 is 10.2 Å². The number of nitrogens with one attached hydrogen (secondary N) is 1. The van der Waals surface area contributed by atoms with Crippen LogP contribution in [0, 0.1) is 0 Å². The number of likely N-dealkylation sites (N-methyl/N-ethyl adjacent to an activating group) is 1. The highest BCUT2D eigenvalue weighted by molar-refractivity contribution is 6.21. The number of hydrogen-bond acceptors (Lipinski definition) is 3. The average molecular weight is 374 g/mol. The Morgan fingerprint density at radius 1 is 1.29 bits per heavy atom. The zero-order valence-corrected chi connectivity index (χ0v) is 17.0. The molecule has 144 valence electrons. The molecule has 1 aromatic rings. The quantitative estimate of drug-likeness (QED) is 0.761. The Morgan fingerprint density at radius 2 is 2.00 bits per heavy atom. The third kappa shape index (κ3) is 3.77. The number of hydrogen-bond donors (Lipinski definition) is 1. The molecule has 1 N–H and O–H groups in total. The van der Waals surface area contributed by atoms with Gasteiger partial charge in [0.15, 0.2) is 6.17 Å². The Hall–Kier alpha value is -3.14. The van der Waals surface area contributed by atoms with E-state index < -0.39 is 0 Å². The Morgan fingerprint density at radius 3 is 2.61 bits per heavy atom. The van der Waals surface area contributed by atoms with E-state index in [-0.39, 0.29) is 12.1 Å². The largest absolute Gasteiger partial charge is 0.350 e. The highest BCUT2D eigenvalue weighted by Crippen LogP contribution is 2.31. The number of amides is 1. The molecule has 0 bridgehead atoms. The number of rotatable bonds is 5. The van der Waals surface area contributed by atoms with E-state index in [4.69, 9.17) is 0 Å². The van der Waals surface area contributed by atoms with Crippen molar-refractivity contribution in [2.75, 3.05) is 6.54 Å². The van der Waals surface area contributed by atoms with Crippen LogP contribution < -0.4 is 5.32 Å². The normalized spacial score (nSPS) is 18.7. The summed E-state index contributed by atoms with van der Waals surface area (Å²) in [7, 11) is 0. The van der Waals surface area contributed by atoms with Crippen LogP contribution in [0.15, 0.2) is 77.5 Å². The summed E-state index contributed by atoms with van der Waals surface area (Å²) in [5.41, 5.74) is 6.13. The number of amidine groups is 1. The van der Waals surface area contributed by atoms with Gasteiger partial charge in [0.1, 0.15) is 5.84 Å². The van der Waals surface area contributed by atoms with Gasteiger partial charge in [0.05, 0.1) is 0 Å². The molecule has 1 amide bonds. The Labute approximate surface area is 167 Å². The maximum absolute atomic E-state index is 13.1. The summed E-state index contributed by atoms with van der Waals surface area (Å²) in [4.78, 5) is 19.5. The van der Waals surface area contributed by atoms with Crippen molar-refractivity contribution in [1.29, 1.82) is 0 Å². The van der Waals surface area contributed by atoms with Gasteiger partial charge >= 0.3 is 0 Å². The molecule has 28 heavy (non-hydrogen) atoms. The lowest BCUT2D eigenvalue weighted by Gasteiger charge is -2.35. The van der Waals surface area contributed by atoms with Crippen LogP contribution in [-0.4, -0.2) is 29.4 Å². The van der Waals surface area contributed by atoms with Crippen molar-refractivity contribution in [2.24, 2.45) is 4.99 Å². The second-order valence-electron chi connectivity index (χ2n) is 7.11. The van der Waals surface area contributed by atoms with Crippen molar-refractivity contribution in [3.05, 3.63) is 83.6 Å². The lowest BCUT2D eigenvalue weighted by molar-refractivity contribution is -0.126. The molecule has 0 saturated carbocycles. The molecule has 1 atom stereocenters. The molecule has 2 aliphatic heterocycles. The Balaban J connectivity index is 1.98. The van der Waals surface area contributed by atoms with Crippen molar-refractivity contribution in [3.63, 3.8) is 0 Å². The first-order chi connectivity index (χ1) is 13.5. The summed E-state index contributed by atoms with van der Waals surface area (Å²) in [5, 5.41) is 3.15. The maximum Gasteiger partial charge on any atom is 0.256 e. The van der Waals surface area contributed by atoms with Gasteiger partial charge in [-0.15, -0.1) is 0 Å². The van der Waals surface area contributed by atoms with Gasteiger partial charge in [-0.05, 0) is 50.5 Å². The van der Waals surface area contributed by atoms with Crippen LogP contribution in [0.1, 0.15) is 38.8 Å². The van der Waals surface area contributed by atoms with Crippen LogP contribution in [0.3, 0.4) is 0 Å². The highest BCUT2D eigenvalue weighted by Gasteiger charge is 2.33. The molecule has 0 aromatic heterocycles. The number of carbonyl (C=O) groups excluding carboxylic acids is 1. The molecule has 0 fully saturated rings. The first-order valence-electron chi connectivity index (χ1n) is 9.57. The number of allylic oxidation sites excluding steroid dienone is 5. The van der Waals surface area contributed by atoms with Gasteiger partial charge in [-0.1, -0.05) is 54.6 Å². The molecule has 0 aliphatic carbocycles. The third-order valence-corrected chi connectivity index (χ3v) is 4.94. The Bertz CT molecular complexity index is 939. The van der Waals surface area contributed by atoms with E-state index in [0.29, 0.717) is 12.1 Å². The van der Waals surface area contributed by atoms with Gasteiger partial charge in [-0.2, -0.15) is 0 Å². The zero-order valence-electron chi connectivity index (χ0n) is 17.0. The van der Waals surface area contributed by atoms with Crippen LogP contribution in [0.4, 0.5) is 0 Å². The fraction of sp³-hybridized carbons (Fsp3) is 0.250. The molecule has 4 heteroatoms. The van der Waals surface area contributed by atoms with E-state index >= 15 is 0 Å². The summed E-state index contributed by atoms with van der Waals surface area (Å²) >= 11 is 0. The molecule has 2 aliphatic rings. The summed E-state index contributed by atoms with van der Waals surface area (Å²) in [6.07, 6.45) is 9.43. The average Bonchev–Trinajstić information content (AvgIpc) is 2.68. The number of nitrogens with zero attached hydrogens (tertiary/aromatic N) is 2. The van der Waals surface area contributed by atoms with Crippen molar-refractivity contribution >= 4 is 22.9 Å². The van der Waals surface area contributed by atoms with E-state index in [1.807, 2.05) is 49.2 Å². The van der Waals surface area contributed by atoms with Crippen LogP contribution in [-0.2, 0) is 4.79 Å². The summed E-state index contributed by atoms with van der Waals surface area (Å²) < 4.78 is 0. The maximum atomic E-state index is 13.1. The SMILES string of the molecule is C=C/C=C\C(=C(C)C)c1ccc(C2=CC3=CNC(C)=NC3N(CC)C2=O)cc1. The minimum absolute atomic E-state index is 0.0184. The summed E-state index contributed by atoms with van der Waals surface area (Å²) in [6, 6.07) is 8.17. The molecule has 0 saturated heterocycles. The van der Waals surface area contributed by atoms with E-state index in [2.05, 4.69) is 48.9 Å². The standard InChI is InChI=1S/C24H27N3O/c1-6-8-9-21(16(3)4)18-10-12-19(13-11-18)22-14-20-15-25-17(5)26-23(20)27(7-2)24(22)28/h6,8-15,23H,1,7H2,2-5H3,(H,25,26)/b9-8-. The lowest BCUT2D eigenvalue weighted by Crippen LogP contribution is -2.46. The predicted octanol–water partition coefficient (Wildman–Crippen LogP) is 4.70. The number of benzene rings is 1. The van der Waals surface area contributed by atoms with Crippen LogP contribution in [0.5, 0.6) is 0 Å². The molecular formula is C24H27N3O. The molecular weight excluding hydrogens is 346 g/mol. The number of fused-ring (bicyclic) bond motifs is 1. The van der Waals surface area contributed by atoms with Gasteiger partial charge in [0.25, 0.3) is 5.91 Å². The second-order valence-corrected chi connectivity index (χ2v) is 7.11. The topological polar surface area (TPSA) is 44.7 Å². The first-order valence-corrected chi connectivity index (χ1v) is 9.57.